The number of hydrogen-bond donors (Lipinski definition) is 0. The van der Waals surface area contributed by atoms with E-state index >= 15 is 0 Å². The summed E-state index contributed by atoms with van der Waals surface area (Å²) in [6.45, 7) is 2.18. The number of rotatable bonds is 4. The van der Waals surface area contributed by atoms with E-state index in [9.17, 15) is 0 Å². The maximum absolute atomic E-state index is 2.37. The maximum Gasteiger partial charge on any atom is 0.181 e. The lowest BCUT2D eigenvalue weighted by Gasteiger charge is -2.33. The predicted octanol–water partition coefficient (Wildman–Crippen LogP) is 2.71. The highest BCUT2D eigenvalue weighted by molar-refractivity contribution is 7.19. The first-order chi connectivity index (χ1) is 12.7. The molecule has 0 saturated carbocycles. The summed E-state index contributed by atoms with van der Waals surface area (Å²) in [4.78, 5) is 0. The molecule has 0 amide bonds. The summed E-state index contributed by atoms with van der Waals surface area (Å²) in [7, 11) is -0.193. The van der Waals surface area contributed by atoms with Crippen LogP contribution in [0.4, 0.5) is 0 Å². The van der Waals surface area contributed by atoms with Crippen molar-refractivity contribution in [3.8, 4) is 0 Å². The SMILES string of the molecule is Cc1cc([Si](c2ccccc2)(c2ccccc2)c2ccccc2)cn1C. The Labute approximate surface area is 156 Å². The largest absolute Gasteiger partial charge is 0.355 e. The Morgan fingerprint density at radius 2 is 0.962 bits per heavy atom. The van der Waals surface area contributed by atoms with Gasteiger partial charge in [-0.25, -0.2) is 0 Å². The van der Waals surface area contributed by atoms with Crippen LogP contribution in [0.15, 0.2) is 103 Å². The van der Waals surface area contributed by atoms with Crippen molar-refractivity contribution in [3.63, 3.8) is 0 Å². The lowest BCUT2D eigenvalue weighted by molar-refractivity contribution is 0.883. The van der Waals surface area contributed by atoms with Crippen molar-refractivity contribution in [1.82, 2.24) is 4.57 Å². The van der Waals surface area contributed by atoms with E-state index in [1.54, 1.807) is 0 Å². The molecule has 0 spiro atoms. The Hall–Kier alpha value is -2.84. The molecule has 0 atom stereocenters. The van der Waals surface area contributed by atoms with E-state index in [2.05, 4.69) is 122 Å². The summed E-state index contributed by atoms with van der Waals surface area (Å²) in [5.41, 5.74) is 1.29. The van der Waals surface area contributed by atoms with E-state index in [1.807, 2.05) is 0 Å². The van der Waals surface area contributed by atoms with Gasteiger partial charge in [-0.2, -0.15) is 0 Å². The second-order valence-corrected chi connectivity index (χ2v) is 10.6. The van der Waals surface area contributed by atoms with Gasteiger partial charge in [0.1, 0.15) is 0 Å². The van der Waals surface area contributed by atoms with Gasteiger partial charge in [0.2, 0.25) is 0 Å². The first kappa shape index (κ1) is 16.6. The topological polar surface area (TPSA) is 4.93 Å². The van der Waals surface area contributed by atoms with Crippen LogP contribution in [0.3, 0.4) is 0 Å². The standard InChI is InChI=1S/C24H23NSi/c1-20-18-24(19-25(20)2)26(21-12-6-3-7-13-21,22-14-8-4-9-15-22)23-16-10-5-11-17-23/h3-19H,1-2H3. The van der Waals surface area contributed by atoms with E-state index in [-0.39, 0.29) is 0 Å². The number of benzene rings is 3. The van der Waals surface area contributed by atoms with Crippen LogP contribution in [-0.2, 0) is 7.05 Å². The minimum Gasteiger partial charge on any atom is -0.355 e. The molecule has 1 nitrogen and oxygen atoms in total. The summed E-state index contributed by atoms with van der Waals surface area (Å²) in [6, 6.07) is 35.5. The molecule has 0 aliphatic heterocycles. The van der Waals surface area contributed by atoms with E-state index in [0.29, 0.717) is 0 Å². The first-order valence-electron chi connectivity index (χ1n) is 9.03. The van der Waals surface area contributed by atoms with Gasteiger partial charge in [0.25, 0.3) is 0 Å². The molecular weight excluding hydrogens is 330 g/mol. The summed E-state index contributed by atoms with van der Waals surface area (Å²) < 4.78 is 2.24. The Kier molecular flexibility index (Phi) is 4.35. The van der Waals surface area contributed by atoms with Gasteiger partial charge in [0.15, 0.2) is 8.07 Å². The zero-order chi connectivity index (χ0) is 18.0. The molecule has 0 bridgehead atoms. The third kappa shape index (κ3) is 2.63. The zero-order valence-electron chi connectivity index (χ0n) is 15.3. The molecule has 0 aliphatic carbocycles. The fourth-order valence-electron chi connectivity index (χ4n) is 3.94. The third-order valence-electron chi connectivity index (χ3n) is 5.31. The summed E-state index contributed by atoms with van der Waals surface area (Å²) >= 11 is 0. The van der Waals surface area contributed by atoms with Crippen molar-refractivity contribution >= 4 is 28.8 Å². The Bertz CT molecular complexity index is 872. The molecule has 1 heterocycles. The lowest BCUT2D eigenvalue weighted by Crippen LogP contribution is -2.74. The van der Waals surface area contributed by atoms with Crippen LogP contribution in [0.1, 0.15) is 5.69 Å². The van der Waals surface area contributed by atoms with Crippen molar-refractivity contribution in [2.75, 3.05) is 0 Å². The predicted molar refractivity (Wildman–Crippen MR) is 114 cm³/mol. The van der Waals surface area contributed by atoms with E-state index < -0.39 is 8.07 Å². The second kappa shape index (κ2) is 6.81. The summed E-state index contributed by atoms with van der Waals surface area (Å²) in [5, 5.41) is 5.69. The number of nitrogens with zero attached hydrogens (tertiary/aromatic N) is 1. The average Bonchev–Trinajstić information content (AvgIpc) is 3.04. The molecule has 3 aromatic carbocycles. The van der Waals surface area contributed by atoms with Gasteiger partial charge in [-0.1, -0.05) is 91.0 Å². The van der Waals surface area contributed by atoms with Gasteiger partial charge in [0.05, 0.1) is 0 Å². The van der Waals surface area contributed by atoms with E-state index in [0.717, 1.165) is 0 Å². The van der Waals surface area contributed by atoms with Crippen molar-refractivity contribution in [3.05, 3.63) is 109 Å². The quantitative estimate of drug-likeness (QED) is 0.393. The summed E-state index contributed by atoms with van der Waals surface area (Å²) in [6.07, 6.45) is 2.33. The number of hydrogen-bond acceptors (Lipinski definition) is 0. The minimum atomic E-state index is -2.33. The Morgan fingerprint density at radius 1 is 0.577 bits per heavy atom. The maximum atomic E-state index is 2.37. The third-order valence-corrected chi connectivity index (χ3v) is 10.0. The van der Waals surface area contributed by atoms with Gasteiger partial charge in [-0.15, -0.1) is 0 Å². The van der Waals surface area contributed by atoms with Crippen LogP contribution in [0.5, 0.6) is 0 Å². The van der Waals surface area contributed by atoms with E-state index in [4.69, 9.17) is 0 Å². The molecule has 0 radical (unpaired) electrons. The van der Waals surface area contributed by atoms with Crippen molar-refractivity contribution in [2.24, 2.45) is 7.05 Å². The van der Waals surface area contributed by atoms with Gasteiger partial charge < -0.3 is 4.57 Å². The van der Waals surface area contributed by atoms with Crippen LogP contribution in [0.2, 0.25) is 0 Å². The first-order valence-corrected chi connectivity index (χ1v) is 11.0. The molecular formula is C24H23NSi. The van der Waals surface area contributed by atoms with Crippen molar-refractivity contribution in [1.29, 1.82) is 0 Å². The molecule has 0 aliphatic rings. The second-order valence-electron chi connectivity index (χ2n) is 6.83. The molecule has 0 saturated heterocycles. The van der Waals surface area contributed by atoms with Gasteiger partial charge in [-0.05, 0) is 33.7 Å². The average molecular weight is 354 g/mol. The zero-order valence-corrected chi connectivity index (χ0v) is 16.3. The van der Waals surface area contributed by atoms with Crippen molar-refractivity contribution in [2.45, 2.75) is 6.92 Å². The molecule has 0 fully saturated rings. The Balaban J connectivity index is 2.14. The molecule has 0 N–H and O–H groups in total. The summed E-state index contributed by atoms with van der Waals surface area (Å²) in [5.74, 6) is 0. The van der Waals surface area contributed by atoms with Crippen LogP contribution in [0.25, 0.3) is 0 Å². The normalized spacial score (nSPS) is 11.5. The number of aryl methyl sites for hydroxylation is 2. The lowest BCUT2D eigenvalue weighted by atomic mass is 10.3. The monoisotopic (exact) mass is 353 g/mol. The Morgan fingerprint density at radius 3 is 1.27 bits per heavy atom. The smallest absolute Gasteiger partial charge is 0.181 e. The van der Waals surface area contributed by atoms with Gasteiger partial charge in [-0.3, -0.25) is 0 Å². The van der Waals surface area contributed by atoms with Crippen LogP contribution < -0.4 is 20.7 Å². The van der Waals surface area contributed by atoms with Crippen LogP contribution >= 0.6 is 0 Å². The fourth-order valence-corrected chi connectivity index (χ4v) is 8.83. The fraction of sp³-hybridized carbons (Fsp3) is 0.0833. The molecule has 0 unspecified atom stereocenters. The van der Waals surface area contributed by atoms with Crippen LogP contribution in [0, 0.1) is 6.92 Å². The highest BCUT2D eigenvalue weighted by atomic mass is 28.3. The van der Waals surface area contributed by atoms with Crippen LogP contribution in [-0.4, -0.2) is 12.6 Å². The molecule has 26 heavy (non-hydrogen) atoms. The van der Waals surface area contributed by atoms with Gasteiger partial charge >= 0.3 is 0 Å². The molecule has 4 aromatic rings. The minimum absolute atomic E-state index is 1.29. The molecule has 2 heteroatoms. The molecule has 1 aromatic heterocycles. The number of aromatic nitrogens is 1. The molecule has 4 rings (SSSR count). The van der Waals surface area contributed by atoms with Gasteiger partial charge in [0, 0.05) is 18.9 Å². The van der Waals surface area contributed by atoms with Crippen molar-refractivity contribution < 1.29 is 0 Å². The highest BCUT2D eigenvalue weighted by Crippen LogP contribution is 2.11. The highest BCUT2D eigenvalue weighted by Gasteiger charge is 2.41. The molecule has 128 valence electrons. The van der Waals surface area contributed by atoms with E-state index in [1.165, 1.54) is 26.4 Å².